The summed E-state index contributed by atoms with van der Waals surface area (Å²) in [6.07, 6.45) is 13.4. The van der Waals surface area contributed by atoms with E-state index >= 15 is 0 Å². The molecule has 8 unspecified atom stereocenters. The summed E-state index contributed by atoms with van der Waals surface area (Å²) < 4.78 is 0. The third-order valence-corrected chi connectivity index (χ3v) is 11.1. The maximum Gasteiger partial charge on any atom is 0.201 e. The van der Waals surface area contributed by atoms with Crippen LogP contribution in [0.5, 0.6) is 0 Å². The highest BCUT2D eigenvalue weighted by molar-refractivity contribution is 6.30. The Balaban J connectivity index is 1.21. The third kappa shape index (κ3) is 3.39. The van der Waals surface area contributed by atoms with E-state index in [0.29, 0.717) is 33.3 Å². The molecule has 178 valence electrons. The summed E-state index contributed by atoms with van der Waals surface area (Å²) in [6.45, 7) is 7.77. The average Bonchev–Trinajstić information content (AvgIpc) is 3.33. The van der Waals surface area contributed by atoms with E-state index in [4.69, 9.17) is 11.6 Å². The van der Waals surface area contributed by atoms with Crippen LogP contribution in [0.25, 0.3) is 11.2 Å². The van der Waals surface area contributed by atoms with Gasteiger partial charge in [-0.1, -0.05) is 38.8 Å². The molecule has 5 nitrogen and oxygen atoms in total. The molecule has 6 rings (SSSR count). The fourth-order valence-corrected chi connectivity index (χ4v) is 9.30. The molecule has 4 aliphatic carbocycles. The van der Waals surface area contributed by atoms with Gasteiger partial charge in [0.1, 0.15) is 12.1 Å². The van der Waals surface area contributed by atoms with Crippen LogP contribution >= 0.6 is 11.6 Å². The van der Waals surface area contributed by atoms with E-state index in [0.717, 1.165) is 30.1 Å². The van der Waals surface area contributed by atoms with Crippen LogP contribution in [-0.4, -0.2) is 25.8 Å². The van der Waals surface area contributed by atoms with Crippen molar-refractivity contribution in [3.63, 3.8) is 0 Å². The summed E-state index contributed by atoms with van der Waals surface area (Å²) in [4.78, 5) is 19.3. The number of aromatic nitrogens is 4. The zero-order chi connectivity index (χ0) is 23.0. The van der Waals surface area contributed by atoms with Crippen molar-refractivity contribution in [1.82, 2.24) is 20.0 Å². The minimum absolute atomic E-state index is 0.131. The van der Waals surface area contributed by atoms with E-state index in [9.17, 15) is 4.79 Å². The maximum absolute atomic E-state index is 13.6. The Morgan fingerprint density at radius 2 is 1.85 bits per heavy atom. The van der Waals surface area contributed by atoms with Gasteiger partial charge in [-0.05, 0) is 97.9 Å². The standard InChI is InChI=1S/C27H37ClN4O/c1-16-8-10-26(2)17(12-16)4-5-19-20-6-7-22(27(20,3)11-9-21(19)26)24(33)15-32-30-23-13-18(28)14-29-25(23)31-32/h13-14,16-17,19-22H,4-12,15H2,1-3H3. The fourth-order valence-electron chi connectivity index (χ4n) is 9.15. The van der Waals surface area contributed by atoms with Crippen molar-refractivity contribution in [2.24, 2.45) is 46.3 Å². The number of ketones is 1. The molecule has 4 aliphatic rings. The van der Waals surface area contributed by atoms with E-state index in [1.807, 2.05) is 0 Å². The molecule has 0 aromatic carbocycles. The minimum Gasteiger partial charge on any atom is -0.297 e. The number of hydrogen-bond acceptors (Lipinski definition) is 4. The highest BCUT2D eigenvalue weighted by Gasteiger charge is 2.60. The quantitative estimate of drug-likeness (QED) is 0.527. The van der Waals surface area contributed by atoms with Gasteiger partial charge in [0, 0.05) is 12.1 Å². The molecule has 4 saturated carbocycles. The van der Waals surface area contributed by atoms with Crippen molar-refractivity contribution in [3.8, 4) is 0 Å². The fraction of sp³-hybridized carbons (Fsp3) is 0.778. The van der Waals surface area contributed by atoms with Gasteiger partial charge in [0.25, 0.3) is 0 Å². The van der Waals surface area contributed by atoms with Gasteiger partial charge < -0.3 is 0 Å². The lowest BCUT2D eigenvalue weighted by Gasteiger charge is -2.61. The van der Waals surface area contributed by atoms with Gasteiger partial charge in [0.05, 0.1) is 5.02 Å². The molecule has 0 bridgehead atoms. The predicted octanol–water partition coefficient (Wildman–Crippen LogP) is 6.34. The Hall–Kier alpha value is -1.49. The molecule has 0 N–H and O–H groups in total. The lowest BCUT2D eigenvalue weighted by Crippen LogP contribution is -2.53. The Kier molecular flexibility index (Phi) is 5.18. The van der Waals surface area contributed by atoms with Crippen molar-refractivity contribution >= 4 is 28.5 Å². The van der Waals surface area contributed by atoms with Crippen molar-refractivity contribution in [2.45, 2.75) is 85.1 Å². The van der Waals surface area contributed by atoms with Crippen LogP contribution in [0.2, 0.25) is 5.02 Å². The second kappa shape index (κ2) is 7.76. The molecule has 8 atom stereocenters. The first-order chi connectivity index (χ1) is 15.8. The summed E-state index contributed by atoms with van der Waals surface area (Å²) in [6, 6.07) is 1.76. The average molecular weight is 469 g/mol. The molecular weight excluding hydrogens is 432 g/mol. The van der Waals surface area contributed by atoms with Gasteiger partial charge in [-0.2, -0.15) is 9.90 Å². The molecular formula is C27H37ClN4O. The highest BCUT2D eigenvalue weighted by atomic mass is 35.5. The molecule has 0 spiro atoms. The monoisotopic (exact) mass is 468 g/mol. The Morgan fingerprint density at radius 1 is 1.06 bits per heavy atom. The molecule has 0 amide bonds. The highest BCUT2D eigenvalue weighted by Crippen LogP contribution is 2.67. The zero-order valence-corrected chi connectivity index (χ0v) is 21.0. The maximum atomic E-state index is 13.6. The molecule has 33 heavy (non-hydrogen) atoms. The van der Waals surface area contributed by atoms with Crippen LogP contribution in [0.15, 0.2) is 12.3 Å². The number of pyridine rings is 1. The second-order valence-electron chi connectivity index (χ2n) is 12.4. The molecule has 6 heteroatoms. The number of hydrogen-bond donors (Lipinski definition) is 0. The van der Waals surface area contributed by atoms with Crippen LogP contribution in [0.1, 0.15) is 78.6 Å². The topological polar surface area (TPSA) is 60.7 Å². The zero-order valence-electron chi connectivity index (χ0n) is 20.3. The van der Waals surface area contributed by atoms with Gasteiger partial charge >= 0.3 is 0 Å². The lowest BCUT2D eigenvalue weighted by molar-refractivity contribution is -0.137. The van der Waals surface area contributed by atoms with Crippen molar-refractivity contribution in [2.75, 3.05) is 0 Å². The van der Waals surface area contributed by atoms with Crippen LogP contribution < -0.4 is 0 Å². The van der Waals surface area contributed by atoms with E-state index < -0.39 is 0 Å². The van der Waals surface area contributed by atoms with Crippen molar-refractivity contribution < 1.29 is 4.79 Å². The Morgan fingerprint density at radius 3 is 2.70 bits per heavy atom. The van der Waals surface area contributed by atoms with E-state index in [1.54, 1.807) is 12.3 Å². The number of fused-ring (bicyclic) bond motifs is 6. The van der Waals surface area contributed by atoms with Gasteiger partial charge in [-0.3, -0.25) is 4.79 Å². The lowest BCUT2D eigenvalue weighted by atomic mass is 9.44. The minimum atomic E-state index is 0.131. The summed E-state index contributed by atoms with van der Waals surface area (Å²) in [7, 11) is 0. The molecule has 0 saturated heterocycles. The number of halogens is 1. The van der Waals surface area contributed by atoms with Crippen LogP contribution in [0.3, 0.4) is 0 Å². The van der Waals surface area contributed by atoms with Crippen LogP contribution in [0, 0.1) is 46.3 Å². The summed E-state index contributed by atoms with van der Waals surface area (Å²) in [5.74, 6) is 4.64. The largest absolute Gasteiger partial charge is 0.297 e. The molecule has 4 fully saturated rings. The molecule has 2 aromatic heterocycles. The van der Waals surface area contributed by atoms with E-state index in [2.05, 4.69) is 36.0 Å². The molecule has 2 heterocycles. The van der Waals surface area contributed by atoms with Gasteiger partial charge in [0.2, 0.25) is 5.65 Å². The normalized spacial score (nSPS) is 42.5. The smallest absolute Gasteiger partial charge is 0.201 e. The first-order valence-corrected chi connectivity index (χ1v) is 13.5. The Bertz CT molecular complexity index is 1080. The SMILES string of the molecule is CC1CCC2(C)C(CCC3C2CCC2(C)C(C(=O)Cn4nc5cc(Cl)cnc5n4)CCC32)C1. The number of carbonyl (C=O) groups is 1. The van der Waals surface area contributed by atoms with Gasteiger partial charge in [-0.25, -0.2) is 4.98 Å². The number of nitrogens with zero attached hydrogens (tertiary/aromatic N) is 4. The molecule has 2 aromatic rings. The Labute approximate surface area is 202 Å². The van der Waals surface area contributed by atoms with Crippen LogP contribution in [0.4, 0.5) is 0 Å². The second-order valence-corrected chi connectivity index (χ2v) is 12.8. The third-order valence-electron chi connectivity index (χ3n) is 10.9. The first-order valence-electron chi connectivity index (χ1n) is 13.2. The predicted molar refractivity (Wildman–Crippen MR) is 130 cm³/mol. The van der Waals surface area contributed by atoms with E-state index in [-0.39, 0.29) is 17.9 Å². The van der Waals surface area contributed by atoms with Crippen LogP contribution in [-0.2, 0) is 11.3 Å². The van der Waals surface area contributed by atoms with Gasteiger partial charge in [0.15, 0.2) is 5.78 Å². The number of carbonyl (C=O) groups excluding carboxylic acids is 1. The molecule has 0 aliphatic heterocycles. The van der Waals surface area contributed by atoms with Crippen molar-refractivity contribution in [3.05, 3.63) is 17.3 Å². The summed E-state index contributed by atoms with van der Waals surface area (Å²) >= 11 is 6.04. The van der Waals surface area contributed by atoms with E-state index in [1.165, 1.54) is 56.2 Å². The van der Waals surface area contributed by atoms with Gasteiger partial charge in [-0.15, -0.1) is 5.10 Å². The van der Waals surface area contributed by atoms with Crippen molar-refractivity contribution in [1.29, 1.82) is 0 Å². The number of rotatable bonds is 3. The molecule has 0 radical (unpaired) electrons. The summed E-state index contributed by atoms with van der Waals surface area (Å²) in [5, 5.41) is 9.45. The number of Topliss-reactive ketones (excluding diaryl/α,β-unsaturated/α-hetero) is 1. The summed E-state index contributed by atoms with van der Waals surface area (Å²) in [5.41, 5.74) is 1.87. The first kappa shape index (κ1) is 22.0.